The number of amides is 1. The van der Waals surface area contributed by atoms with E-state index in [0.29, 0.717) is 48.3 Å². The summed E-state index contributed by atoms with van der Waals surface area (Å²) in [7, 11) is -3.86. The second-order valence-electron chi connectivity index (χ2n) is 7.43. The van der Waals surface area contributed by atoms with Crippen LogP contribution in [0, 0.1) is 5.92 Å². The van der Waals surface area contributed by atoms with Crippen molar-refractivity contribution in [3.05, 3.63) is 52.5 Å². The highest BCUT2D eigenvalue weighted by Gasteiger charge is 2.28. The van der Waals surface area contributed by atoms with Crippen molar-refractivity contribution in [1.29, 1.82) is 0 Å². The van der Waals surface area contributed by atoms with Crippen molar-refractivity contribution in [3.8, 4) is 5.75 Å². The monoisotopic (exact) mass is 514 g/mol. The van der Waals surface area contributed by atoms with Crippen LogP contribution < -0.4 is 9.46 Å². The lowest BCUT2D eigenvalue weighted by atomic mass is 9.97. The first kappa shape index (κ1) is 25.1. The van der Waals surface area contributed by atoms with Crippen LogP contribution in [-0.4, -0.2) is 51.5 Å². The van der Waals surface area contributed by atoms with Crippen LogP contribution in [0.5, 0.6) is 5.75 Å². The molecule has 2 aromatic carbocycles. The summed E-state index contributed by atoms with van der Waals surface area (Å²) < 4.78 is 38.2. The summed E-state index contributed by atoms with van der Waals surface area (Å²) in [6.45, 7) is 2.85. The summed E-state index contributed by atoms with van der Waals surface area (Å²) in [6.07, 6.45) is 1.12. The van der Waals surface area contributed by atoms with Crippen LogP contribution in [0.15, 0.2) is 47.4 Å². The number of likely N-dealkylation sites (tertiary alicyclic amines) is 1. The number of piperidine rings is 1. The molecule has 8 nitrogen and oxygen atoms in total. The third kappa shape index (κ3) is 6.99. The van der Waals surface area contributed by atoms with Gasteiger partial charge >= 0.3 is 5.97 Å². The van der Waals surface area contributed by atoms with Gasteiger partial charge in [0.05, 0.1) is 23.1 Å². The minimum Gasteiger partial charge on any atom is -0.484 e. The molecular formula is C22H24Cl2N2O6S. The first-order chi connectivity index (χ1) is 15.7. The molecule has 1 aliphatic heterocycles. The zero-order valence-corrected chi connectivity index (χ0v) is 20.3. The summed E-state index contributed by atoms with van der Waals surface area (Å²) in [6, 6.07) is 10.1. The molecule has 1 fully saturated rings. The molecule has 1 saturated heterocycles. The van der Waals surface area contributed by atoms with Crippen molar-refractivity contribution < 1.29 is 27.5 Å². The lowest BCUT2D eigenvalue weighted by Crippen LogP contribution is -2.42. The Hall–Kier alpha value is -2.49. The predicted molar refractivity (Wildman–Crippen MR) is 125 cm³/mol. The minimum atomic E-state index is -3.86. The standard InChI is InChI=1S/C22H24Cl2N2O6S/c1-2-31-22(28)15-7-9-26(10-8-15)21(27)14-32-19-3-5-20(6-4-19)33(29,30)25-18-12-16(23)11-17(24)13-18/h3-6,11-13,15,25H,2,7-10,14H2,1H3. The number of halogens is 2. The predicted octanol–water partition coefficient (Wildman–Crippen LogP) is 3.97. The second-order valence-corrected chi connectivity index (χ2v) is 9.99. The van der Waals surface area contributed by atoms with Gasteiger partial charge in [-0.15, -0.1) is 0 Å². The number of nitrogens with zero attached hydrogens (tertiary/aromatic N) is 1. The Bertz CT molecular complexity index is 1080. The fraction of sp³-hybridized carbons (Fsp3) is 0.364. The molecule has 1 aliphatic rings. The fourth-order valence-electron chi connectivity index (χ4n) is 3.40. The Balaban J connectivity index is 1.52. The molecule has 33 heavy (non-hydrogen) atoms. The minimum absolute atomic E-state index is 0.0123. The number of nitrogens with one attached hydrogen (secondary N) is 1. The van der Waals surface area contributed by atoms with Crippen LogP contribution in [-0.2, 0) is 24.3 Å². The van der Waals surface area contributed by atoms with Gasteiger partial charge in [0.2, 0.25) is 0 Å². The molecule has 0 aliphatic carbocycles. The molecule has 2 aromatic rings. The van der Waals surface area contributed by atoms with E-state index in [0.717, 1.165) is 0 Å². The molecule has 3 rings (SSSR count). The Morgan fingerprint density at radius 3 is 2.24 bits per heavy atom. The number of rotatable bonds is 8. The first-order valence-electron chi connectivity index (χ1n) is 10.3. The van der Waals surface area contributed by atoms with Crippen molar-refractivity contribution in [3.63, 3.8) is 0 Å². The fourth-order valence-corrected chi connectivity index (χ4v) is 4.97. The Morgan fingerprint density at radius 2 is 1.67 bits per heavy atom. The Morgan fingerprint density at radius 1 is 1.06 bits per heavy atom. The number of hydrogen-bond donors (Lipinski definition) is 1. The highest BCUT2D eigenvalue weighted by molar-refractivity contribution is 7.92. The van der Waals surface area contributed by atoms with E-state index in [1.807, 2.05) is 0 Å². The third-order valence-electron chi connectivity index (χ3n) is 5.08. The van der Waals surface area contributed by atoms with Crippen LogP contribution in [0.2, 0.25) is 10.0 Å². The van der Waals surface area contributed by atoms with Gasteiger partial charge in [-0.25, -0.2) is 8.42 Å². The number of sulfonamides is 1. The van der Waals surface area contributed by atoms with Crippen LogP contribution in [0.25, 0.3) is 0 Å². The summed E-state index contributed by atoms with van der Waals surface area (Å²) in [4.78, 5) is 25.9. The van der Waals surface area contributed by atoms with Crippen molar-refractivity contribution in [2.45, 2.75) is 24.7 Å². The highest BCUT2D eigenvalue weighted by atomic mass is 35.5. The molecule has 11 heteroatoms. The topological polar surface area (TPSA) is 102 Å². The van der Waals surface area contributed by atoms with Gasteiger partial charge in [0.25, 0.3) is 15.9 Å². The van der Waals surface area contributed by atoms with E-state index in [2.05, 4.69) is 4.72 Å². The molecular weight excluding hydrogens is 491 g/mol. The molecule has 0 aromatic heterocycles. The van der Waals surface area contributed by atoms with Crippen molar-refractivity contribution >= 4 is 50.8 Å². The number of carbonyl (C=O) groups is 2. The first-order valence-corrected chi connectivity index (χ1v) is 12.6. The van der Waals surface area contributed by atoms with Crippen LogP contribution in [0.4, 0.5) is 5.69 Å². The van der Waals surface area contributed by atoms with Gasteiger partial charge in [0.15, 0.2) is 6.61 Å². The van der Waals surface area contributed by atoms with Crippen LogP contribution in [0.3, 0.4) is 0 Å². The number of carbonyl (C=O) groups excluding carboxylic acids is 2. The van der Waals surface area contributed by atoms with E-state index >= 15 is 0 Å². The molecule has 0 bridgehead atoms. The van der Waals surface area contributed by atoms with E-state index in [9.17, 15) is 18.0 Å². The lowest BCUT2D eigenvalue weighted by molar-refractivity contribution is -0.151. The molecule has 0 atom stereocenters. The Kier molecular flexibility index (Phi) is 8.45. The van der Waals surface area contributed by atoms with E-state index in [1.54, 1.807) is 11.8 Å². The summed E-state index contributed by atoms with van der Waals surface area (Å²) >= 11 is 11.8. The Labute approximate surface area is 202 Å². The smallest absolute Gasteiger partial charge is 0.309 e. The van der Waals surface area contributed by atoms with Crippen LogP contribution >= 0.6 is 23.2 Å². The number of benzene rings is 2. The molecule has 0 spiro atoms. The number of hydrogen-bond acceptors (Lipinski definition) is 6. The zero-order chi connectivity index (χ0) is 24.0. The van der Waals surface area contributed by atoms with Crippen molar-refractivity contribution in [1.82, 2.24) is 4.90 Å². The SMILES string of the molecule is CCOC(=O)C1CCN(C(=O)COc2ccc(S(=O)(=O)Nc3cc(Cl)cc(Cl)c3)cc2)CC1. The van der Waals surface area contributed by atoms with Gasteiger partial charge in [0, 0.05) is 23.1 Å². The van der Waals surface area contributed by atoms with Gasteiger partial charge in [-0.2, -0.15) is 0 Å². The van der Waals surface area contributed by atoms with Gasteiger partial charge < -0.3 is 14.4 Å². The third-order valence-corrected chi connectivity index (χ3v) is 6.91. The molecule has 0 radical (unpaired) electrons. The molecule has 0 saturated carbocycles. The van der Waals surface area contributed by atoms with Crippen molar-refractivity contribution in [2.75, 3.05) is 31.0 Å². The maximum atomic E-state index is 12.6. The average molecular weight is 515 g/mol. The lowest BCUT2D eigenvalue weighted by Gasteiger charge is -2.30. The largest absolute Gasteiger partial charge is 0.484 e. The molecule has 1 heterocycles. The number of anilines is 1. The molecule has 178 valence electrons. The quantitative estimate of drug-likeness (QED) is 0.534. The second kappa shape index (κ2) is 11.1. The van der Waals surface area contributed by atoms with Gasteiger partial charge in [-0.3, -0.25) is 14.3 Å². The van der Waals surface area contributed by atoms with E-state index in [4.69, 9.17) is 32.7 Å². The zero-order valence-electron chi connectivity index (χ0n) is 17.9. The number of ether oxygens (including phenoxy) is 2. The maximum Gasteiger partial charge on any atom is 0.309 e. The molecule has 0 unspecified atom stereocenters. The van der Waals surface area contributed by atoms with Gasteiger partial charge in [-0.1, -0.05) is 23.2 Å². The maximum absolute atomic E-state index is 12.6. The van der Waals surface area contributed by atoms with Crippen LogP contribution in [0.1, 0.15) is 19.8 Å². The van der Waals surface area contributed by atoms with E-state index < -0.39 is 10.0 Å². The normalized spacial score (nSPS) is 14.6. The average Bonchev–Trinajstić information content (AvgIpc) is 2.77. The van der Waals surface area contributed by atoms with Gasteiger partial charge in [0.1, 0.15) is 5.75 Å². The van der Waals surface area contributed by atoms with E-state index in [-0.39, 0.29) is 35.0 Å². The summed E-state index contributed by atoms with van der Waals surface area (Å²) in [5.41, 5.74) is 0.241. The molecule has 1 amide bonds. The molecule has 1 N–H and O–H groups in total. The highest BCUT2D eigenvalue weighted by Crippen LogP contribution is 2.25. The van der Waals surface area contributed by atoms with Crippen molar-refractivity contribution in [2.24, 2.45) is 5.92 Å². The van der Waals surface area contributed by atoms with Gasteiger partial charge in [-0.05, 0) is 62.2 Å². The summed E-state index contributed by atoms with van der Waals surface area (Å²) in [5.74, 6) is -0.243. The number of esters is 1. The van der Waals surface area contributed by atoms with E-state index in [1.165, 1.54) is 42.5 Å². The summed E-state index contributed by atoms with van der Waals surface area (Å²) in [5, 5.41) is 0.609.